The van der Waals surface area contributed by atoms with Gasteiger partial charge in [-0.1, -0.05) is 12.1 Å². The van der Waals surface area contributed by atoms with Gasteiger partial charge in [-0.15, -0.1) is 0 Å². The van der Waals surface area contributed by atoms with Crippen LogP contribution >= 0.6 is 0 Å². The standard InChI is InChI=1S/C14H19NO3S/c1-15-14(12-4-3-9-18-10-12)11-5-7-13(8-6-11)19(2,16)17/h5-8,10,14-15H,3-4,9H2,1-2H3. The number of hydrogen-bond donors (Lipinski definition) is 1. The van der Waals surface area contributed by atoms with Gasteiger partial charge < -0.3 is 10.1 Å². The highest BCUT2D eigenvalue weighted by molar-refractivity contribution is 7.90. The molecule has 0 radical (unpaired) electrons. The Kier molecular flexibility index (Phi) is 4.27. The van der Waals surface area contributed by atoms with Gasteiger partial charge in [0, 0.05) is 6.26 Å². The van der Waals surface area contributed by atoms with E-state index in [2.05, 4.69) is 5.32 Å². The Bertz CT molecular complexity index is 561. The summed E-state index contributed by atoms with van der Waals surface area (Å²) in [5.41, 5.74) is 2.24. The van der Waals surface area contributed by atoms with Crippen LogP contribution in [0.1, 0.15) is 24.4 Å². The molecule has 0 aromatic heterocycles. The molecule has 1 unspecified atom stereocenters. The van der Waals surface area contributed by atoms with E-state index >= 15 is 0 Å². The summed E-state index contributed by atoms with van der Waals surface area (Å²) in [5, 5.41) is 3.25. The van der Waals surface area contributed by atoms with E-state index in [0.29, 0.717) is 4.90 Å². The number of rotatable bonds is 4. The average molecular weight is 281 g/mol. The Morgan fingerprint density at radius 3 is 2.42 bits per heavy atom. The summed E-state index contributed by atoms with van der Waals surface area (Å²) in [7, 11) is -1.24. The SMILES string of the molecule is CNC(C1=COCCC1)c1ccc(S(C)(=O)=O)cc1. The minimum Gasteiger partial charge on any atom is -0.501 e. The van der Waals surface area contributed by atoms with E-state index < -0.39 is 9.84 Å². The van der Waals surface area contributed by atoms with Crippen LogP contribution < -0.4 is 5.32 Å². The fourth-order valence-electron chi connectivity index (χ4n) is 2.27. The molecule has 1 aliphatic rings. The van der Waals surface area contributed by atoms with Crippen LogP contribution in [0.5, 0.6) is 0 Å². The zero-order chi connectivity index (χ0) is 13.9. The molecule has 0 saturated carbocycles. The lowest BCUT2D eigenvalue weighted by molar-refractivity contribution is 0.220. The molecule has 5 heteroatoms. The fourth-order valence-corrected chi connectivity index (χ4v) is 2.90. The molecule has 0 fully saturated rings. The van der Waals surface area contributed by atoms with Gasteiger partial charge in [-0.3, -0.25) is 0 Å². The summed E-state index contributed by atoms with van der Waals surface area (Å²) in [6.45, 7) is 0.771. The second-order valence-electron chi connectivity index (χ2n) is 4.73. The van der Waals surface area contributed by atoms with Crippen LogP contribution in [0.3, 0.4) is 0 Å². The third-order valence-corrected chi connectivity index (χ3v) is 4.39. The van der Waals surface area contributed by atoms with Gasteiger partial charge in [0.25, 0.3) is 0 Å². The number of sulfone groups is 1. The molecule has 0 spiro atoms. The Morgan fingerprint density at radius 1 is 1.26 bits per heavy atom. The highest BCUT2D eigenvalue weighted by Crippen LogP contribution is 2.27. The quantitative estimate of drug-likeness (QED) is 0.917. The molecule has 1 aromatic carbocycles. The van der Waals surface area contributed by atoms with Crippen LogP contribution in [-0.4, -0.2) is 28.3 Å². The number of benzene rings is 1. The maximum Gasteiger partial charge on any atom is 0.175 e. The van der Waals surface area contributed by atoms with Crippen molar-refractivity contribution in [3.05, 3.63) is 41.7 Å². The summed E-state index contributed by atoms with van der Waals surface area (Å²) in [6, 6.07) is 7.09. The number of hydrogen-bond acceptors (Lipinski definition) is 4. The van der Waals surface area contributed by atoms with E-state index in [1.807, 2.05) is 25.4 Å². The zero-order valence-corrected chi connectivity index (χ0v) is 12.0. The Morgan fingerprint density at radius 2 is 1.95 bits per heavy atom. The summed E-state index contributed by atoms with van der Waals surface area (Å²) < 4.78 is 28.2. The van der Waals surface area contributed by atoms with E-state index in [1.54, 1.807) is 12.1 Å². The topological polar surface area (TPSA) is 55.4 Å². The van der Waals surface area contributed by atoms with Crippen molar-refractivity contribution in [2.75, 3.05) is 19.9 Å². The molecule has 1 atom stereocenters. The van der Waals surface area contributed by atoms with E-state index in [4.69, 9.17) is 4.74 Å². The van der Waals surface area contributed by atoms with Gasteiger partial charge in [-0.25, -0.2) is 8.42 Å². The lowest BCUT2D eigenvalue weighted by atomic mass is 9.95. The van der Waals surface area contributed by atoms with Crippen molar-refractivity contribution < 1.29 is 13.2 Å². The minimum atomic E-state index is -3.14. The molecule has 4 nitrogen and oxygen atoms in total. The maximum atomic E-state index is 11.4. The van der Waals surface area contributed by atoms with Crippen molar-refractivity contribution >= 4 is 9.84 Å². The van der Waals surface area contributed by atoms with Crippen molar-refractivity contribution in [2.45, 2.75) is 23.8 Å². The van der Waals surface area contributed by atoms with Crippen LogP contribution in [0.2, 0.25) is 0 Å². The van der Waals surface area contributed by atoms with E-state index in [-0.39, 0.29) is 6.04 Å². The van der Waals surface area contributed by atoms with Crippen molar-refractivity contribution in [1.29, 1.82) is 0 Å². The monoisotopic (exact) mass is 281 g/mol. The first-order valence-corrected chi connectivity index (χ1v) is 8.19. The highest BCUT2D eigenvalue weighted by atomic mass is 32.2. The molecular weight excluding hydrogens is 262 g/mol. The number of ether oxygens (including phenoxy) is 1. The fraction of sp³-hybridized carbons (Fsp3) is 0.429. The predicted octanol–water partition coefficient (Wildman–Crippen LogP) is 2.04. The minimum absolute atomic E-state index is 0.0777. The molecule has 1 heterocycles. The van der Waals surface area contributed by atoms with Gasteiger partial charge in [0.05, 0.1) is 23.8 Å². The Balaban J connectivity index is 2.27. The molecule has 1 aliphatic heterocycles. The van der Waals surface area contributed by atoms with Gasteiger partial charge in [0.1, 0.15) is 0 Å². The molecule has 1 aromatic rings. The molecule has 0 aliphatic carbocycles. The molecule has 0 bridgehead atoms. The first-order chi connectivity index (χ1) is 9.02. The lowest BCUT2D eigenvalue weighted by Gasteiger charge is -2.23. The molecular formula is C14H19NO3S. The van der Waals surface area contributed by atoms with Crippen LogP contribution in [0.15, 0.2) is 41.0 Å². The van der Waals surface area contributed by atoms with Crippen molar-refractivity contribution in [2.24, 2.45) is 0 Å². The summed E-state index contributed by atoms with van der Waals surface area (Å²) in [4.78, 5) is 0.347. The number of nitrogens with one attached hydrogen (secondary N) is 1. The smallest absolute Gasteiger partial charge is 0.175 e. The first-order valence-electron chi connectivity index (χ1n) is 6.30. The number of likely N-dealkylation sites (N-methyl/N-ethyl adjacent to an activating group) is 1. The Labute approximate surface area is 114 Å². The van der Waals surface area contributed by atoms with Gasteiger partial charge >= 0.3 is 0 Å². The van der Waals surface area contributed by atoms with Crippen molar-refractivity contribution in [1.82, 2.24) is 5.32 Å². The summed E-state index contributed by atoms with van der Waals surface area (Å²) >= 11 is 0. The molecule has 19 heavy (non-hydrogen) atoms. The second-order valence-corrected chi connectivity index (χ2v) is 6.75. The molecule has 104 valence electrons. The normalized spacial score (nSPS) is 17.5. The molecule has 1 N–H and O–H groups in total. The lowest BCUT2D eigenvalue weighted by Crippen LogP contribution is -2.20. The van der Waals surface area contributed by atoms with Gasteiger partial charge in [-0.05, 0) is 43.2 Å². The molecule has 2 rings (SSSR count). The van der Waals surface area contributed by atoms with E-state index in [1.165, 1.54) is 11.8 Å². The third-order valence-electron chi connectivity index (χ3n) is 3.26. The first kappa shape index (κ1) is 14.1. The van der Waals surface area contributed by atoms with Crippen molar-refractivity contribution in [3.63, 3.8) is 0 Å². The third kappa shape index (κ3) is 3.36. The van der Waals surface area contributed by atoms with E-state index in [0.717, 1.165) is 25.0 Å². The van der Waals surface area contributed by atoms with E-state index in [9.17, 15) is 8.42 Å². The van der Waals surface area contributed by atoms with Crippen LogP contribution in [-0.2, 0) is 14.6 Å². The largest absolute Gasteiger partial charge is 0.501 e. The van der Waals surface area contributed by atoms with Crippen LogP contribution in [0.4, 0.5) is 0 Å². The van der Waals surface area contributed by atoms with Crippen LogP contribution in [0.25, 0.3) is 0 Å². The second kappa shape index (κ2) is 5.75. The summed E-state index contributed by atoms with van der Waals surface area (Å²) in [5.74, 6) is 0. The highest BCUT2D eigenvalue weighted by Gasteiger charge is 2.18. The van der Waals surface area contributed by atoms with Gasteiger partial charge in [0.2, 0.25) is 0 Å². The molecule has 0 saturated heterocycles. The zero-order valence-electron chi connectivity index (χ0n) is 11.2. The average Bonchev–Trinajstić information content (AvgIpc) is 2.40. The van der Waals surface area contributed by atoms with Gasteiger partial charge in [0.15, 0.2) is 9.84 Å². The molecule has 0 amide bonds. The van der Waals surface area contributed by atoms with Gasteiger partial charge in [-0.2, -0.15) is 0 Å². The Hall–Kier alpha value is -1.33. The van der Waals surface area contributed by atoms with Crippen LogP contribution in [0, 0.1) is 0 Å². The van der Waals surface area contributed by atoms with Crippen molar-refractivity contribution in [3.8, 4) is 0 Å². The maximum absolute atomic E-state index is 11.4. The predicted molar refractivity (Wildman–Crippen MR) is 74.6 cm³/mol. The summed E-state index contributed by atoms with van der Waals surface area (Å²) in [6.07, 6.45) is 5.05.